The zero-order valence-corrected chi connectivity index (χ0v) is 27.2. The summed E-state index contributed by atoms with van der Waals surface area (Å²) in [6.45, 7) is 5.96. The second-order valence-corrected chi connectivity index (χ2v) is 12.8. The lowest BCUT2D eigenvalue weighted by Gasteiger charge is -2.53. The second kappa shape index (κ2) is 12.5. The highest BCUT2D eigenvalue weighted by Crippen LogP contribution is 2.41. The molecule has 0 radical (unpaired) electrons. The molecule has 14 heteroatoms. The van der Waals surface area contributed by atoms with Crippen LogP contribution in [0.1, 0.15) is 42.4 Å². The van der Waals surface area contributed by atoms with Crippen LogP contribution >= 0.6 is 0 Å². The van der Waals surface area contributed by atoms with Crippen LogP contribution in [0.3, 0.4) is 0 Å². The van der Waals surface area contributed by atoms with Gasteiger partial charge in [0, 0.05) is 36.3 Å². The van der Waals surface area contributed by atoms with Crippen LogP contribution in [0.25, 0.3) is 22.1 Å². The summed E-state index contributed by atoms with van der Waals surface area (Å²) in [5.41, 5.74) is 3.21. The molecule has 3 aliphatic rings. The van der Waals surface area contributed by atoms with Gasteiger partial charge in [0.05, 0.1) is 32.4 Å². The Kier molecular flexibility index (Phi) is 7.96. The van der Waals surface area contributed by atoms with E-state index in [4.69, 9.17) is 18.6 Å². The lowest BCUT2D eigenvalue weighted by molar-refractivity contribution is -0.228. The average Bonchev–Trinajstić information content (AvgIpc) is 3.69. The lowest BCUT2D eigenvalue weighted by Crippen LogP contribution is -2.68. The SMILES string of the molecule is Cc1ccc(C#Cc2cnc(O[C@H]3C[C@@H](C(=O)O)N(c4nc(C(F)F)nc5c4oc4ccccc45)C3)c(N3CCOC4(COC4)[C@@H]3C)c2)nc1. The summed E-state index contributed by atoms with van der Waals surface area (Å²) in [6.07, 6.45) is -0.294. The highest BCUT2D eigenvalue weighted by Gasteiger charge is 2.50. The number of para-hydroxylation sites is 1. The summed E-state index contributed by atoms with van der Waals surface area (Å²) in [5, 5.41) is 10.8. The number of rotatable bonds is 6. The summed E-state index contributed by atoms with van der Waals surface area (Å²) in [5.74, 6) is 4.62. The molecule has 0 unspecified atom stereocenters. The summed E-state index contributed by atoms with van der Waals surface area (Å²) >= 11 is 0. The standard InChI is InChI=1S/C36H32F2N6O6/c1-20-7-9-23(39-15-20)10-8-22-13-26(43-11-12-48-36(21(43)2)18-47-19-36)34(40-16-22)49-24-14-27(35(45)46)44(17-24)33-30-29(41-32(42-33)31(37)38)25-5-3-4-6-28(25)50-30/h3-7,9,13,15-16,21,24,27,31H,11-12,14,17-19H2,1-2H3,(H,45,46)/t21-,24-,27-/m0/s1. The summed E-state index contributed by atoms with van der Waals surface area (Å²) in [4.78, 5) is 33.5. The topological polar surface area (TPSA) is 136 Å². The molecular weight excluding hydrogens is 650 g/mol. The van der Waals surface area contributed by atoms with Crippen molar-refractivity contribution in [2.75, 3.05) is 42.7 Å². The highest BCUT2D eigenvalue weighted by atomic mass is 19.3. The van der Waals surface area contributed by atoms with Crippen molar-refractivity contribution >= 4 is 39.5 Å². The van der Waals surface area contributed by atoms with E-state index >= 15 is 0 Å². The van der Waals surface area contributed by atoms with Crippen LogP contribution in [-0.2, 0) is 14.3 Å². The molecule has 3 atom stereocenters. The Hall–Kier alpha value is -5.39. The molecule has 3 aliphatic heterocycles. The number of hydrogen-bond donors (Lipinski definition) is 1. The van der Waals surface area contributed by atoms with Crippen LogP contribution in [0.4, 0.5) is 20.3 Å². The zero-order valence-electron chi connectivity index (χ0n) is 27.2. The molecule has 1 N–H and O–H groups in total. The Morgan fingerprint density at radius 1 is 1.10 bits per heavy atom. The molecule has 8 rings (SSSR count). The molecule has 12 nitrogen and oxygen atoms in total. The molecule has 4 aromatic heterocycles. The van der Waals surface area contributed by atoms with Gasteiger partial charge in [-0.1, -0.05) is 24.1 Å². The molecule has 3 fully saturated rings. The predicted octanol–water partition coefficient (Wildman–Crippen LogP) is 4.92. The molecule has 1 spiro atoms. The molecule has 0 amide bonds. The van der Waals surface area contributed by atoms with Crippen LogP contribution in [-0.4, -0.2) is 87.7 Å². The minimum absolute atomic E-state index is 0.0149. The van der Waals surface area contributed by atoms with E-state index in [2.05, 4.69) is 43.6 Å². The van der Waals surface area contributed by atoms with Gasteiger partial charge in [0.2, 0.25) is 5.88 Å². The Morgan fingerprint density at radius 2 is 1.94 bits per heavy atom. The van der Waals surface area contributed by atoms with Crippen molar-refractivity contribution in [3.05, 3.63) is 77.5 Å². The normalized spacial score (nSPS) is 21.4. The molecule has 0 bridgehead atoms. The number of aryl methyl sites for hydroxylation is 1. The smallest absolute Gasteiger partial charge is 0.326 e. The van der Waals surface area contributed by atoms with Gasteiger partial charge in [0.15, 0.2) is 17.2 Å². The third-order valence-electron chi connectivity index (χ3n) is 9.54. The number of aromatic nitrogens is 4. The minimum atomic E-state index is -2.99. The number of anilines is 2. The monoisotopic (exact) mass is 682 g/mol. The van der Waals surface area contributed by atoms with Crippen LogP contribution in [0.15, 0.2) is 59.3 Å². The first-order chi connectivity index (χ1) is 24.2. The number of carbonyl (C=O) groups is 1. The zero-order chi connectivity index (χ0) is 34.6. The number of pyridine rings is 2. The van der Waals surface area contributed by atoms with E-state index in [0.717, 1.165) is 5.56 Å². The van der Waals surface area contributed by atoms with E-state index in [1.165, 1.54) is 4.90 Å². The quantitative estimate of drug-likeness (QED) is 0.244. The van der Waals surface area contributed by atoms with Gasteiger partial charge in [-0.2, -0.15) is 0 Å². The van der Waals surface area contributed by atoms with Crippen molar-refractivity contribution in [3.63, 3.8) is 0 Å². The number of ether oxygens (including phenoxy) is 3. The third kappa shape index (κ3) is 5.62. The Balaban J connectivity index is 1.15. The van der Waals surface area contributed by atoms with Crippen molar-refractivity contribution in [1.29, 1.82) is 0 Å². The van der Waals surface area contributed by atoms with Crippen molar-refractivity contribution in [2.45, 2.75) is 50.5 Å². The maximum Gasteiger partial charge on any atom is 0.326 e. The largest absolute Gasteiger partial charge is 0.480 e. The summed E-state index contributed by atoms with van der Waals surface area (Å²) < 4.78 is 52.4. The Morgan fingerprint density at radius 3 is 2.68 bits per heavy atom. The van der Waals surface area contributed by atoms with Crippen LogP contribution < -0.4 is 14.5 Å². The molecule has 7 heterocycles. The number of furan rings is 1. The van der Waals surface area contributed by atoms with E-state index in [1.807, 2.05) is 25.1 Å². The summed E-state index contributed by atoms with van der Waals surface area (Å²) in [6, 6.07) is 11.3. The highest BCUT2D eigenvalue weighted by molar-refractivity contribution is 6.06. The number of fused-ring (bicyclic) bond motifs is 3. The van der Waals surface area contributed by atoms with Crippen molar-refractivity contribution in [2.24, 2.45) is 0 Å². The predicted molar refractivity (Wildman–Crippen MR) is 178 cm³/mol. The Bertz CT molecular complexity index is 2160. The van der Waals surface area contributed by atoms with Gasteiger partial charge in [-0.3, -0.25) is 0 Å². The molecule has 1 aromatic carbocycles. The number of aliphatic carboxylic acids is 1. The average molecular weight is 683 g/mol. The maximum absolute atomic E-state index is 14.1. The molecular formula is C36H32F2N6O6. The van der Waals surface area contributed by atoms with Crippen molar-refractivity contribution < 1.29 is 37.3 Å². The number of benzene rings is 1. The molecule has 50 heavy (non-hydrogen) atoms. The number of carboxylic acids is 1. The van der Waals surface area contributed by atoms with Crippen LogP contribution in [0.5, 0.6) is 5.88 Å². The first kappa shape index (κ1) is 31.9. The van der Waals surface area contributed by atoms with Gasteiger partial charge in [-0.25, -0.2) is 33.5 Å². The first-order valence-electron chi connectivity index (χ1n) is 16.3. The Labute approximate surface area is 285 Å². The minimum Gasteiger partial charge on any atom is -0.480 e. The van der Waals surface area contributed by atoms with E-state index in [0.29, 0.717) is 54.3 Å². The van der Waals surface area contributed by atoms with Gasteiger partial charge in [0.1, 0.15) is 40.2 Å². The number of carboxylic acid groups (broad SMARTS) is 1. The number of halogens is 2. The molecule has 0 aliphatic carbocycles. The summed E-state index contributed by atoms with van der Waals surface area (Å²) in [7, 11) is 0. The van der Waals surface area contributed by atoms with Crippen molar-refractivity contribution in [3.8, 4) is 17.7 Å². The van der Waals surface area contributed by atoms with E-state index in [1.54, 1.807) is 36.7 Å². The third-order valence-corrected chi connectivity index (χ3v) is 9.54. The van der Waals surface area contributed by atoms with E-state index < -0.39 is 36.0 Å². The van der Waals surface area contributed by atoms with Crippen molar-refractivity contribution in [1.82, 2.24) is 19.9 Å². The second-order valence-electron chi connectivity index (χ2n) is 12.8. The van der Waals surface area contributed by atoms with Gasteiger partial charge in [-0.05, 0) is 49.6 Å². The fourth-order valence-corrected chi connectivity index (χ4v) is 6.78. The number of nitrogens with zero attached hydrogens (tertiary/aromatic N) is 6. The van der Waals surface area contributed by atoms with E-state index in [9.17, 15) is 18.7 Å². The molecule has 3 saturated heterocycles. The molecule has 0 saturated carbocycles. The lowest BCUT2D eigenvalue weighted by atomic mass is 9.90. The fourth-order valence-electron chi connectivity index (χ4n) is 6.78. The number of alkyl halides is 2. The van der Waals surface area contributed by atoms with Crippen LogP contribution in [0.2, 0.25) is 0 Å². The first-order valence-corrected chi connectivity index (χ1v) is 16.3. The van der Waals surface area contributed by atoms with Gasteiger partial charge >= 0.3 is 5.97 Å². The number of hydrogen-bond acceptors (Lipinski definition) is 11. The maximum atomic E-state index is 14.1. The van der Waals surface area contributed by atoms with Crippen LogP contribution in [0, 0.1) is 18.8 Å². The molecule has 5 aromatic rings. The van der Waals surface area contributed by atoms with E-state index in [-0.39, 0.29) is 41.8 Å². The van der Waals surface area contributed by atoms with Gasteiger partial charge in [0.25, 0.3) is 6.43 Å². The molecule has 256 valence electrons. The number of morpholine rings is 1. The van der Waals surface area contributed by atoms with Gasteiger partial charge < -0.3 is 33.5 Å². The van der Waals surface area contributed by atoms with Gasteiger partial charge in [-0.15, -0.1) is 0 Å². The fraction of sp³-hybridized carbons (Fsp3) is 0.361.